The fourth-order valence-electron chi connectivity index (χ4n) is 2.95. The third-order valence-corrected chi connectivity index (χ3v) is 4.20. The number of amides is 1. The van der Waals surface area contributed by atoms with E-state index in [2.05, 4.69) is 10.1 Å². The van der Waals surface area contributed by atoms with Crippen molar-refractivity contribution in [2.75, 3.05) is 11.4 Å². The Labute approximate surface area is 146 Å². The summed E-state index contributed by atoms with van der Waals surface area (Å²) in [6, 6.07) is 8.75. The average Bonchev–Trinajstić information content (AvgIpc) is 3.22. The van der Waals surface area contributed by atoms with Crippen LogP contribution in [0.1, 0.15) is 18.2 Å². The molecule has 0 saturated carbocycles. The number of halogens is 3. The maximum atomic E-state index is 13.9. The lowest BCUT2D eigenvalue weighted by Gasteiger charge is -2.16. The smallest absolute Gasteiger partial charge is 0.258 e. The second-order valence-electron chi connectivity index (χ2n) is 5.97. The fourth-order valence-corrected chi connectivity index (χ4v) is 2.95. The maximum absolute atomic E-state index is 13.9. The third kappa shape index (κ3) is 2.94. The van der Waals surface area contributed by atoms with E-state index in [0.717, 1.165) is 12.1 Å². The molecule has 1 saturated heterocycles. The first-order valence-corrected chi connectivity index (χ1v) is 7.86. The summed E-state index contributed by atoms with van der Waals surface area (Å²) < 4.78 is 45.5. The Morgan fingerprint density at radius 1 is 1.08 bits per heavy atom. The van der Waals surface area contributed by atoms with E-state index in [4.69, 9.17) is 4.52 Å². The van der Waals surface area contributed by atoms with Gasteiger partial charge in [0, 0.05) is 30.5 Å². The molecule has 3 aromatic rings. The molecule has 0 radical (unpaired) electrons. The highest BCUT2D eigenvalue weighted by Crippen LogP contribution is 2.33. The Bertz CT molecular complexity index is 989. The molecule has 0 N–H and O–H groups in total. The first kappa shape index (κ1) is 16.3. The van der Waals surface area contributed by atoms with Crippen molar-refractivity contribution in [1.82, 2.24) is 10.1 Å². The summed E-state index contributed by atoms with van der Waals surface area (Å²) >= 11 is 0. The normalized spacial score (nSPS) is 17.1. The van der Waals surface area contributed by atoms with Crippen molar-refractivity contribution < 1.29 is 22.5 Å². The minimum Gasteiger partial charge on any atom is -0.334 e. The maximum Gasteiger partial charge on any atom is 0.258 e. The Balaban J connectivity index is 1.58. The molecule has 2 heterocycles. The van der Waals surface area contributed by atoms with E-state index in [-0.39, 0.29) is 36.3 Å². The van der Waals surface area contributed by atoms with Crippen LogP contribution < -0.4 is 4.90 Å². The lowest BCUT2D eigenvalue weighted by atomic mass is 10.1. The van der Waals surface area contributed by atoms with E-state index in [9.17, 15) is 18.0 Å². The van der Waals surface area contributed by atoms with Crippen molar-refractivity contribution in [2.24, 2.45) is 0 Å². The van der Waals surface area contributed by atoms with Gasteiger partial charge in [-0.15, -0.1) is 0 Å². The predicted octanol–water partition coefficient (Wildman–Crippen LogP) is 3.67. The lowest BCUT2D eigenvalue weighted by Crippen LogP contribution is -2.25. The largest absolute Gasteiger partial charge is 0.334 e. The molecule has 1 atom stereocenters. The van der Waals surface area contributed by atoms with E-state index in [1.54, 1.807) is 6.07 Å². The van der Waals surface area contributed by atoms with Crippen LogP contribution in [0.25, 0.3) is 11.5 Å². The number of rotatable bonds is 3. The van der Waals surface area contributed by atoms with E-state index >= 15 is 0 Å². The molecule has 132 valence electrons. The second-order valence-corrected chi connectivity index (χ2v) is 5.97. The van der Waals surface area contributed by atoms with Crippen molar-refractivity contribution in [2.45, 2.75) is 12.3 Å². The van der Waals surface area contributed by atoms with Gasteiger partial charge in [0.1, 0.15) is 17.5 Å². The second kappa shape index (κ2) is 6.29. The molecule has 26 heavy (non-hydrogen) atoms. The average molecular weight is 359 g/mol. The summed E-state index contributed by atoms with van der Waals surface area (Å²) in [7, 11) is 0. The van der Waals surface area contributed by atoms with Gasteiger partial charge in [-0.25, -0.2) is 13.2 Å². The zero-order chi connectivity index (χ0) is 18.3. The summed E-state index contributed by atoms with van der Waals surface area (Å²) in [4.78, 5) is 17.7. The summed E-state index contributed by atoms with van der Waals surface area (Å²) in [6.45, 7) is 0.142. The molecule has 1 unspecified atom stereocenters. The molecule has 1 aliphatic heterocycles. The standard InChI is InChI=1S/C18H12F3N3O2/c19-12-3-1-2-10(6-12)18-22-17(23-26-18)11-7-16(25)24(9-11)15-5-4-13(20)8-14(15)21/h1-6,8,11H,7,9H2. The number of hydrogen-bond donors (Lipinski definition) is 0. The molecule has 1 aliphatic rings. The van der Waals surface area contributed by atoms with Crippen LogP contribution in [0.4, 0.5) is 18.9 Å². The van der Waals surface area contributed by atoms with Gasteiger partial charge in [0.05, 0.1) is 5.69 Å². The molecule has 2 aromatic carbocycles. The molecular weight excluding hydrogens is 347 g/mol. The van der Waals surface area contributed by atoms with Crippen molar-refractivity contribution >= 4 is 11.6 Å². The summed E-state index contributed by atoms with van der Waals surface area (Å²) in [5.74, 6) is -2.27. The highest BCUT2D eigenvalue weighted by Gasteiger charge is 2.35. The molecular formula is C18H12F3N3O2. The highest BCUT2D eigenvalue weighted by molar-refractivity contribution is 5.96. The molecule has 1 amide bonds. The van der Waals surface area contributed by atoms with Gasteiger partial charge in [-0.1, -0.05) is 11.2 Å². The number of aromatic nitrogens is 2. The molecule has 0 aliphatic carbocycles. The molecule has 1 aromatic heterocycles. The molecule has 8 heteroatoms. The van der Waals surface area contributed by atoms with Crippen molar-refractivity contribution in [3.8, 4) is 11.5 Å². The highest BCUT2D eigenvalue weighted by atomic mass is 19.1. The molecule has 0 bridgehead atoms. The third-order valence-electron chi connectivity index (χ3n) is 4.20. The molecule has 0 spiro atoms. The summed E-state index contributed by atoms with van der Waals surface area (Å²) in [6.07, 6.45) is 0.0684. The molecule has 4 rings (SSSR count). The Hall–Kier alpha value is -3.16. The zero-order valence-corrected chi connectivity index (χ0v) is 13.3. The number of carbonyl (C=O) groups excluding carboxylic acids is 1. The van der Waals surface area contributed by atoms with Crippen LogP contribution in [0.3, 0.4) is 0 Å². The number of carbonyl (C=O) groups is 1. The van der Waals surface area contributed by atoms with Gasteiger partial charge < -0.3 is 9.42 Å². The van der Waals surface area contributed by atoms with Crippen LogP contribution in [0, 0.1) is 17.5 Å². The molecule has 5 nitrogen and oxygen atoms in total. The summed E-state index contributed by atoms with van der Waals surface area (Å²) in [5.41, 5.74) is 0.433. The fraction of sp³-hybridized carbons (Fsp3) is 0.167. The van der Waals surface area contributed by atoms with Crippen molar-refractivity contribution in [3.63, 3.8) is 0 Å². The van der Waals surface area contributed by atoms with Crippen LogP contribution in [0.15, 0.2) is 47.0 Å². The topological polar surface area (TPSA) is 59.2 Å². The van der Waals surface area contributed by atoms with Crippen LogP contribution >= 0.6 is 0 Å². The van der Waals surface area contributed by atoms with Crippen LogP contribution in [0.2, 0.25) is 0 Å². The lowest BCUT2D eigenvalue weighted by molar-refractivity contribution is -0.117. The van der Waals surface area contributed by atoms with E-state index < -0.39 is 23.4 Å². The zero-order valence-electron chi connectivity index (χ0n) is 13.3. The van der Waals surface area contributed by atoms with Gasteiger partial charge >= 0.3 is 0 Å². The summed E-state index contributed by atoms with van der Waals surface area (Å²) in [5, 5.41) is 3.86. The van der Waals surface area contributed by atoms with Gasteiger partial charge in [-0.2, -0.15) is 4.98 Å². The van der Waals surface area contributed by atoms with Crippen molar-refractivity contribution in [1.29, 1.82) is 0 Å². The van der Waals surface area contributed by atoms with Crippen LogP contribution in [-0.4, -0.2) is 22.6 Å². The number of anilines is 1. The number of hydrogen-bond acceptors (Lipinski definition) is 4. The van der Waals surface area contributed by atoms with E-state index in [0.29, 0.717) is 5.56 Å². The Morgan fingerprint density at radius 2 is 1.88 bits per heavy atom. The minimum absolute atomic E-state index is 0.00717. The van der Waals surface area contributed by atoms with Crippen LogP contribution in [-0.2, 0) is 4.79 Å². The predicted molar refractivity (Wildman–Crippen MR) is 85.8 cm³/mol. The first-order valence-electron chi connectivity index (χ1n) is 7.86. The van der Waals surface area contributed by atoms with Gasteiger partial charge in [-0.05, 0) is 30.3 Å². The van der Waals surface area contributed by atoms with Crippen molar-refractivity contribution in [3.05, 3.63) is 65.7 Å². The quantitative estimate of drug-likeness (QED) is 0.716. The minimum atomic E-state index is -0.812. The van der Waals surface area contributed by atoms with Gasteiger partial charge in [0.2, 0.25) is 5.91 Å². The Morgan fingerprint density at radius 3 is 2.65 bits per heavy atom. The molecule has 1 fully saturated rings. The van der Waals surface area contributed by atoms with Crippen LogP contribution in [0.5, 0.6) is 0 Å². The monoisotopic (exact) mass is 359 g/mol. The SMILES string of the molecule is O=C1CC(c2noc(-c3cccc(F)c3)n2)CN1c1ccc(F)cc1F. The van der Waals surface area contributed by atoms with Gasteiger partial charge in [0.25, 0.3) is 5.89 Å². The van der Waals surface area contributed by atoms with E-state index in [1.807, 2.05) is 0 Å². The number of nitrogens with zero attached hydrogens (tertiary/aromatic N) is 3. The Kier molecular flexibility index (Phi) is 3.95. The van der Waals surface area contributed by atoms with E-state index in [1.165, 1.54) is 29.2 Å². The first-order chi connectivity index (χ1) is 12.5. The number of benzene rings is 2. The van der Waals surface area contributed by atoms with Gasteiger partial charge in [-0.3, -0.25) is 4.79 Å². The van der Waals surface area contributed by atoms with Gasteiger partial charge in [0.15, 0.2) is 5.82 Å².